The van der Waals surface area contributed by atoms with E-state index >= 15 is 0 Å². The molecule has 18 heavy (non-hydrogen) atoms. The molecule has 1 aromatic heterocycles. The molecule has 0 bridgehead atoms. The molecule has 0 aliphatic rings. The highest BCUT2D eigenvalue weighted by atomic mass is 32.2. The van der Waals surface area contributed by atoms with E-state index in [2.05, 4.69) is 16.6 Å². The minimum Gasteiger partial charge on any atom is -0.395 e. The number of nitrogens with one attached hydrogen (secondary N) is 1. The molecule has 0 saturated heterocycles. The third kappa shape index (κ3) is 5.65. The van der Waals surface area contributed by atoms with E-state index in [9.17, 15) is 8.42 Å². The first-order chi connectivity index (χ1) is 8.57. The van der Waals surface area contributed by atoms with Crippen molar-refractivity contribution in [2.24, 2.45) is 0 Å². The van der Waals surface area contributed by atoms with Gasteiger partial charge < -0.3 is 5.11 Å². The molecule has 1 aromatic rings. The maximum absolute atomic E-state index is 11.5. The van der Waals surface area contributed by atoms with Crippen LogP contribution in [0.2, 0.25) is 0 Å². The van der Waals surface area contributed by atoms with Crippen molar-refractivity contribution in [1.29, 1.82) is 0 Å². The average Bonchev–Trinajstić information content (AvgIpc) is 2.75. The van der Waals surface area contributed by atoms with Crippen molar-refractivity contribution in [3.63, 3.8) is 0 Å². The summed E-state index contributed by atoms with van der Waals surface area (Å²) in [5.41, 5.74) is 0. The van der Waals surface area contributed by atoms with Gasteiger partial charge in [0, 0.05) is 17.8 Å². The molecule has 0 spiro atoms. The van der Waals surface area contributed by atoms with Crippen molar-refractivity contribution >= 4 is 21.4 Å². The smallest absolute Gasteiger partial charge is 0.211 e. The first kappa shape index (κ1) is 15.2. The van der Waals surface area contributed by atoms with Crippen LogP contribution in [0.25, 0.3) is 0 Å². The third-order valence-corrected chi connectivity index (χ3v) is 4.58. The van der Waals surface area contributed by atoms with E-state index in [1.54, 1.807) is 0 Å². The second-order valence-corrected chi connectivity index (χ2v) is 6.78. The van der Waals surface area contributed by atoms with Gasteiger partial charge in [-0.25, -0.2) is 13.1 Å². The molecule has 0 aliphatic heterocycles. The highest BCUT2D eigenvalue weighted by Crippen LogP contribution is 2.15. The van der Waals surface area contributed by atoms with Crippen molar-refractivity contribution in [1.82, 2.24) is 4.72 Å². The molecular formula is C12H17NO3S2. The van der Waals surface area contributed by atoms with Crippen molar-refractivity contribution in [3.8, 4) is 11.8 Å². The Labute approximate surface area is 112 Å². The van der Waals surface area contributed by atoms with E-state index in [1.807, 2.05) is 19.1 Å². The minimum absolute atomic E-state index is 0.0576. The lowest BCUT2D eigenvalue weighted by Crippen LogP contribution is -2.25. The second-order valence-electron chi connectivity index (χ2n) is 3.68. The highest BCUT2D eigenvalue weighted by molar-refractivity contribution is 7.89. The van der Waals surface area contributed by atoms with E-state index in [-0.39, 0.29) is 12.4 Å². The molecule has 0 aromatic carbocycles. The quantitative estimate of drug-likeness (QED) is 0.775. The van der Waals surface area contributed by atoms with Gasteiger partial charge in [0.05, 0.1) is 17.2 Å². The Hall–Kier alpha value is -0.870. The van der Waals surface area contributed by atoms with Crippen LogP contribution >= 0.6 is 11.3 Å². The molecule has 1 rings (SSSR count). The number of aliphatic hydroxyl groups is 1. The largest absolute Gasteiger partial charge is 0.395 e. The van der Waals surface area contributed by atoms with Gasteiger partial charge in [0.15, 0.2) is 0 Å². The molecule has 2 N–H and O–H groups in total. The van der Waals surface area contributed by atoms with Crippen molar-refractivity contribution in [2.75, 3.05) is 12.4 Å². The van der Waals surface area contributed by atoms with Crippen LogP contribution < -0.4 is 4.72 Å². The fraction of sp³-hybridized carbons (Fsp3) is 0.500. The summed E-state index contributed by atoms with van der Waals surface area (Å²) in [6, 6.07) is 3.72. The third-order valence-electron chi connectivity index (χ3n) is 2.05. The molecule has 0 saturated carbocycles. The van der Waals surface area contributed by atoms with Gasteiger partial charge in [-0.05, 0) is 18.6 Å². The van der Waals surface area contributed by atoms with E-state index in [1.165, 1.54) is 11.3 Å². The normalized spacial score (nSPS) is 11.0. The number of rotatable bonds is 6. The Bertz CT molecular complexity index is 523. The molecule has 4 nitrogen and oxygen atoms in total. The Balaban J connectivity index is 2.53. The number of hydrogen-bond acceptors (Lipinski definition) is 4. The summed E-state index contributed by atoms with van der Waals surface area (Å²) in [7, 11) is -3.15. The van der Waals surface area contributed by atoms with Gasteiger partial charge in [-0.3, -0.25) is 0 Å². The lowest BCUT2D eigenvalue weighted by atomic mass is 10.4. The zero-order chi connectivity index (χ0) is 13.4. The predicted octanol–water partition coefficient (Wildman–Crippen LogP) is 1.31. The Morgan fingerprint density at radius 1 is 1.44 bits per heavy atom. The van der Waals surface area contributed by atoms with Crippen LogP contribution in [0.1, 0.15) is 29.5 Å². The zero-order valence-corrected chi connectivity index (χ0v) is 11.9. The van der Waals surface area contributed by atoms with Crippen LogP contribution in [0.4, 0.5) is 0 Å². The summed E-state index contributed by atoms with van der Waals surface area (Å²) in [5, 5.41) is 8.60. The molecule has 0 unspecified atom stereocenters. The summed E-state index contributed by atoms with van der Waals surface area (Å²) in [5.74, 6) is 5.90. The van der Waals surface area contributed by atoms with Crippen molar-refractivity contribution < 1.29 is 13.5 Å². The van der Waals surface area contributed by atoms with Crippen LogP contribution in [0.3, 0.4) is 0 Å². The first-order valence-corrected chi connectivity index (χ1v) is 8.20. The molecule has 100 valence electrons. The fourth-order valence-electron chi connectivity index (χ4n) is 1.27. The van der Waals surface area contributed by atoms with E-state index in [4.69, 9.17) is 5.11 Å². The fourth-order valence-corrected chi connectivity index (χ4v) is 3.24. The Morgan fingerprint density at radius 2 is 2.22 bits per heavy atom. The van der Waals surface area contributed by atoms with Gasteiger partial charge in [0.25, 0.3) is 0 Å². The maximum Gasteiger partial charge on any atom is 0.211 e. The predicted molar refractivity (Wildman–Crippen MR) is 73.8 cm³/mol. The Morgan fingerprint density at radius 3 is 2.89 bits per heavy atom. The molecule has 0 fully saturated rings. The highest BCUT2D eigenvalue weighted by Gasteiger charge is 2.08. The van der Waals surface area contributed by atoms with Gasteiger partial charge in [-0.1, -0.05) is 18.8 Å². The van der Waals surface area contributed by atoms with Crippen LogP contribution in [0.15, 0.2) is 12.1 Å². The number of hydrogen-bond donors (Lipinski definition) is 2. The maximum atomic E-state index is 11.5. The van der Waals surface area contributed by atoms with Crippen molar-refractivity contribution in [2.45, 2.75) is 26.3 Å². The van der Waals surface area contributed by atoms with Gasteiger partial charge in [0.1, 0.15) is 0 Å². The molecule has 0 aliphatic carbocycles. The van der Waals surface area contributed by atoms with E-state index in [0.717, 1.165) is 9.75 Å². The molecule has 0 radical (unpaired) electrons. The lowest BCUT2D eigenvalue weighted by Gasteiger charge is -2.02. The SMILES string of the molecule is CCCS(=O)(=O)NCc1ccc(C#CCCO)s1. The Kier molecular flexibility index (Phi) is 6.36. The molecule has 0 amide bonds. The van der Waals surface area contributed by atoms with Gasteiger partial charge in [-0.2, -0.15) is 0 Å². The first-order valence-electron chi connectivity index (χ1n) is 5.73. The summed E-state index contributed by atoms with van der Waals surface area (Å²) in [4.78, 5) is 1.82. The van der Waals surface area contributed by atoms with Gasteiger partial charge in [-0.15, -0.1) is 11.3 Å². The average molecular weight is 287 g/mol. The molecule has 6 heteroatoms. The summed E-state index contributed by atoms with van der Waals surface area (Å²) >= 11 is 1.46. The zero-order valence-electron chi connectivity index (χ0n) is 10.3. The lowest BCUT2D eigenvalue weighted by molar-refractivity contribution is 0.305. The summed E-state index contributed by atoms with van der Waals surface area (Å²) < 4.78 is 25.5. The minimum atomic E-state index is -3.15. The van der Waals surface area contributed by atoms with Crippen LogP contribution in [-0.2, 0) is 16.6 Å². The number of thiophene rings is 1. The summed E-state index contributed by atoms with van der Waals surface area (Å²) in [6.07, 6.45) is 1.06. The van der Waals surface area contributed by atoms with Gasteiger partial charge in [0.2, 0.25) is 10.0 Å². The topological polar surface area (TPSA) is 66.4 Å². The van der Waals surface area contributed by atoms with E-state index in [0.29, 0.717) is 19.4 Å². The standard InChI is InChI=1S/C12H17NO3S2/c1-2-9-18(15,16)13-10-12-7-6-11(17-12)5-3-4-8-14/h6-7,13-14H,2,4,8-10H2,1H3. The molecular weight excluding hydrogens is 270 g/mol. The van der Waals surface area contributed by atoms with Crippen molar-refractivity contribution in [3.05, 3.63) is 21.9 Å². The monoisotopic (exact) mass is 287 g/mol. The van der Waals surface area contributed by atoms with Crippen LogP contribution in [0, 0.1) is 11.8 Å². The second kappa shape index (κ2) is 7.54. The number of aliphatic hydroxyl groups excluding tert-OH is 1. The van der Waals surface area contributed by atoms with Gasteiger partial charge >= 0.3 is 0 Å². The number of sulfonamides is 1. The molecule has 1 heterocycles. The molecule has 0 atom stereocenters. The summed E-state index contributed by atoms with van der Waals surface area (Å²) in [6.45, 7) is 2.20. The van der Waals surface area contributed by atoms with E-state index < -0.39 is 10.0 Å². The van der Waals surface area contributed by atoms with Crippen LogP contribution in [0.5, 0.6) is 0 Å². The van der Waals surface area contributed by atoms with Crippen LogP contribution in [-0.4, -0.2) is 25.9 Å².